The van der Waals surface area contributed by atoms with Gasteiger partial charge < -0.3 is 9.68 Å². The number of hydroxylamine groups is 2. The molecule has 1 unspecified atom stereocenters. The second-order valence-corrected chi connectivity index (χ2v) is 5.37. The molecular weight excluding hydrogens is 228 g/mol. The van der Waals surface area contributed by atoms with E-state index >= 15 is 0 Å². The molecule has 98 valence electrons. The van der Waals surface area contributed by atoms with Crippen LogP contribution < -0.4 is 0 Å². The highest BCUT2D eigenvalue weighted by atomic mass is 17.0. The Morgan fingerprint density at radius 3 is 2.35 bits per heavy atom. The Bertz CT molecular complexity index is 340. The molecule has 0 aromatic carbocycles. The third-order valence-corrected chi connectivity index (χ3v) is 2.98. The van der Waals surface area contributed by atoms with Crippen LogP contribution in [0.5, 0.6) is 0 Å². The lowest BCUT2D eigenvalue weighted by molar-refractivity contribution is -0.770. The van der Waals surface area contributed by atoms with E-state index in [2.05, 4.69) is 4.84 Å². The van der Waals surface area contributed by atoms with Crippen LogP contribution in [-0.4, -0.2) is 33.3 Å². The molecule has 1 aliphatic heterocycles. The number of nitrogens with zero attached hydrogens (tertiary/aromatic N) is 2. The molecule has 0 amide bonds. The quantitative estimate of drug-likeness (QED) is 0.551. The number of rotatable bonds is 3. The third kappa shape index (κ3) is 2.66. The Hall–Kier alpha value is -1.37. The average molecular weight is 246 g/mol. The molecule has 0 aromatic rings. The van der Waals surface area contributed by atoms with Crippen molar-refractivity contribution in [3.05, 3.63) is 10.1 Å². The number of hydrogen-bond donors (Lipinski definition) is 0. The highest BCUT2D eigenvalue weighted by Crippen LogP contribution is 2.42. The molecule has 0 bridgehead atoms. The molecule has 17 heavy (non-hydrogen) atoms. The van der Waals surface area contributed by atoms with E-state index in [1.807, 2.05) is 13.8 Å². The van der Waals surface area contributed by atoms with E-state index in [0.717, 1.165) is 0 Å². The molecule has 0 saturated carbocycles. The normalized spacial score (nSPS) is 26.5. The Labute approximate surface area is 99.7 Å². The van der Waals surface area contributed by atoms with Crippen LogP contribution in [0, 0.1) is 10.1 Å². The maximum absolute atomic E-state index is 11.1. The standard InChI is InChI=1S/C10H18N2O5/c1-7(13)16-11-9(2,3)6-8(10(11,4)5)17-12(14)15/h8H,6H2,1-5H3. The topological polar surface area (TPSA) is 81.9 Å². The minimum atomic E-state index is -0.806. The van der Waals surface area contributed by atoms with Gasteiger partial charge in [0.1, 0.15) is 6.10 Å². The van der Waals surface area contributed by atoms with Crippen LogP contribution in [0.2, 0.25) is 0 Å². The molecule has 0 N–H and O–H groups in total. The first-order valence-electron chi connectivity index (χ1n) is 5.37. The van der Waals surface area contributed by atoms with Crippen molar-refractivity contribution in [2.24, 2.45) is 0 Å². The van der Waals surface area contributed by atoms with E-state index in [4.69, 9.17) is 4.84 Å². The van der Waals surface area contributed by atoms with Gasteiger partial charge in [0, 0.05) is 6.92 Å². The van der Waals surface area contributed by atoms with Crippen molar-refractivity contribution in [3.63, 3.8) is 0 Å². The maximum Gasteiger partial charge on any atom is 0.322 e. The zero-order valence-corrected chi connectivity index (χ0v) is 10.7. The van der Waals surface area contributed by atoms with E-state index in [0.29, 0.717) is 6.42 Å². The minimum Gasteiger partial charge on any atom is -0.367 e. The molecule has 1 heterocycles. The monoisotopic (exact) mass is 246 g/mol. The van der Waals surface area contributed by atoms with Gasteiger partial charge in [-0.15, -0.1) is 15.2 Å². The number of carbonyl (C=O) groups excluding carboxylic acids is 1. The van der Waals surface area contributed by atoms with E-state index < -0.39 is 28.2 Å². The van der Waals surface area contributed by atoms with Gasteiger partial charge in [0.2, 0.25) is 0 Å². The molecule has 1 aliphatic rings. The van der Waals surface area contributed by atoms with E-state index in [-0.39, 0.29) is 0 Å². The molecule has 7 nitrogen and oxygen atoms in total. The fourth-order valence-electron chi connectivity index (χ4n) is 2.34. The van der Waals surface area contributed by atoms with Crippen LogP contribution in [0.3, 0.4) is 0 Å². The van der Waals surface area contributed by atoms with Crippen LogP contribution >= 0.6 is 0 Å². The summed E-state index contributed by atoms with van der Waals surface area (Å²) in [7, 11) is 0. The molecule has 0 aliphatic carbocycles. The van der Waals surface area contributed by atoms with Crippen molar-refractivity contribution in [1.82, 2.24) is 5.06 Å². The largest absolute Gasteiger partial charge is 0.367 e. The second-order valence-electron chi connectivity index (χ2n) is 5.37. The van der Waals surface area contributed by atoms with Crippen molar-refractivity contribution in [1.29, 1.82) is 0 Å². The number of carbonyl (C=O) groups is 1. The van der Waals surface area contributed by atoms with Gasteiger partial charge in [-0.05, 0) is 34.1 Å². The molecule has 1 fully saturated rings. The highest BCUT2D eigenvalue weighted by molar-refractivity contribution is 5.65. The molecule has 0 radical (unpaired) electrons. The van der Waals surface area contributed by atoms with Gasteiger partial charge >= 0.3 is 5.97 Å². The molecule has 1 atom stereocenters. The zero-order valence-electron chi connectivity index (χ0n) is 10.7. The molecule has 1 rings (SSSR count). The highest BCUT2D eigenvalue weighted by Gasteiger charge is 2.55. The maximum atomic E-state index is 11.1. The first-order valence-corrected chi connectivity index (χ1v) is 5.37. The predicted molar refractivity (Wildman–Crippen MR) is 58.2 cm³/mol. The van der Waals surface area contributed by atoms with Gasteiger partial charge in [0.15, 0.2) is 0 Å². The minimum absolute atomic E-state index is 0.411. The summed E-state index contributed by atoms with van der Waals surface area (Å²) in [5.41, 5.74) is -1.25. The van der Waals surface area contributed by atoms with Gasteiger partial charge in [-0.3, -0.25) is 4.79 Å². The summed E-state index contributed by atoms with van der Waals surface area (Å²) >= 11 is 0. The van der Waals surface area contributed by atoms with Crippen molar-refractivity contribution in [2.75, 3.05) is 0 Å². The zero-order chi connectivity index (χ0) is 13.4. The van der Waals surface area contributed by atoms with Crippen molar-refractivity contribution in [3.8, 4) is 0 Å². The van der Waals surface area contributed by atoms with Crippen molar-refractivity contribution >= 4 is 5.97 Å². The van der Waals surface area contributed by atoms with Crippen LogP contribution in [0.1, 0.15) is 41.0 Å². The summed E-state index contributed by atoms with van der Waals surface area (Å²) in [6.07, 6.45) is -0.222. The van der Waals surface area contributed by atoms with E-state index in [1.165, 1.54) is 12.0 Å². The molecule has 7 heteroatoms. The summed E-state index contributed by atoms with van der Waals surface area (Å²) in [4.78, 5) is 31.3. The van der Waals surface area contributed by atoms with Gasteiger partial charge in [0.05, 0.1) is 11.1 Å². The Morgan fingerprint density at radius 2 is 1.94 bits per heavy atom. The van der Waals surface area contributed by atoms with Crippen LogP contribution in [0.25, 0.3) is 0 Å². The number of hydrogen-bond acceptors (Lipinski definition) is 6. The van der Waals surface area contributed by atoms with E-state index in [9.17, 15) is 14.9 Å². The van der Waals surface area contributed by atoms with E-state index in [1.54, 1.807) is 13.8 Å². The van der Waals surface area contributed by atoms with Crippen LogP contribution in [-0.2, 0) is 14.5 Å². The van der Waals surface area contributed by atoms with Gasteiger partial charge in [-0.2, -0.15) is 0 Å². The van der Waals surface area contributed by atoms with Gasteiger partial charge in [0.25, 0.3) is 5.09 Å². The van der Waals surface area contributed by atoms with Gasteiger partial charge in [-0.1, -0.05) is 0 Å². The molecule has 0 aromatic heterocycles. The lowest BCUT2D eigenvalue weighted by Gasteiger charge is -2.38. The Kier molecular flexibility index (Phi) is 3.33. The summed E-state index contributed by atoms with van der Waals surface area (Å²) in [5.74, 6) is -0.451. The van der Waals surface area contributed by atoms with Crippen molar-refractivity contribution < 1.29 is 19.6 Å². The SMILES string of the molecule is CC(=O)ON1C(C)(C)CC(O[N+](=O)[O-])C1(C)C. The predicted octanol–water partition coefficient (Wildman–Crippen LogP) is 1.30. The fourth-order valence-corrected chi connectivity index (χ4v) is 2.34. The lowest BCUT2D eigenvalue weighted by Crippen LogP contribution is -2.51. The second kappa shape index (κ2) is 4.14. The lowest BCUT2D eigenvalue weighted by atomic mass is 9.97. The first kappa shape index (κ1) is 13.7. The Morgan fingerprint density at radius 1 is 1.41 bits per heavy atom. The summed E-state index contributed by atoms with van der Waals surface area (Å²) < 4.78 is 0. The summed E-state index contributed by atoms with van der Waals surface area (Å²) in [5, 5.41) is 11.1. The fraction of sp³-hybridized carbons (Fsp3) is 0.900. The summed E-state index contributed by atoms with van der Waals surface area (Å²) in [6, 6.07) is 0. The smallest absolute Gasteiger partial charge is 0.322 e. The third-order valence-electron chi connectivity index (χ3n) is 2.98. The molecule has 1 saturated heterocycles. The van der Waals surface area contributed by atoms with Crippen LogP contribution in [0.15, 0.2) is 0 Å². The van der Waals surface area contributed by atoms with Gasteiger partial charge in [-0.25, -0.2) is 0 Å². The molecule has 0 spiro atoms. The molecular formula is C10H18N2O5. The van der Waals surface area contributed by atoms with Crippen LogP contribution in [0.4, 0.5) is 0 Å². The first-order chi connectivity index (χ1) is 7.57. The Balaban J connectivity index is 2.96. The van der Waals surface area contributed by atoms with Crippen molar-refractivity contribution in [2.45, 2.75) is 58.2 Å². The summed E-state index contributed by atoms with van der Waals surface area (Å²) in [6.45, 7) is 8.49. The average Bonchev–Trinajstić information content (AvgIpc) is 2.24.